The molecule has 116 valence electrons. The van der Waals surface area contributed by atoms with Gasteiger partial charge in [0.05, 0.1) is 18.2 Å². The topological polar surface area (TPSA) is 59.1 Å². The smallest absolute Gasteiger partial charge is 0.426 e. The first-order chi connectivity index (χ1) is 9.81. The average Bonchev–Trinajstić information content (AvgIpc) is 2.40. The highest BCUT2D eigenvalue weighted by molar-refractivity contribution is 7.95. The molecule has 1 aromatic carbocycles. The molecule has 0 heterocycles. The lowest BCUT2D eigenvalue weighted by atomic mass is 10.3. The van der Waals surface area contributed by atoms with Crippen LogP contribution in [0.2, 0.25) is 0 Å². The molecule has 0 aliphatic carbocycles. The fourth-order valence-corrected chi connectivity index (χ4v) is 1.83. The maximum Gasteiger partial charge on any atom is 0.426 e. The quantitative estimate of drug-likeness (QED) is 0.473. The Morgan fingerprint density at radius 1 is 1.14 bits per heavy atom. The first-order valence-electron chi connectivity index (χ1n) is 6.13. The molecule has 8 heteroatoms. The van der Waals surface area contributed by atoms with Crippen LogP contribution in [-0.2, 0) is 0 Å². The van der Waals surface area contributed by atoms with E-state index in [9.17, 15) is 14.0 Å². The van der Waals surface area contributed by atoms with Crippen molar-refractivity contribution in [1.82, 2.24) is 8.61 Å². The van der Waals surface area contributed by atoms with Gasteiger partial charge in [-0.05, 0) is 26.0 Å². The van der Waals surface area contributed by atoms with Gasteiger partial charge < -0.3 is 9.47 Å². The summed E-state index contributed by atoms with van der Waals surface area (Å²) in [5, 5.41) is 0. The van der Waals surface area contributed by atoms with Gasteiger partial charge in [0, 0.05) is 14.1 Å². The van der Waals surface area contributed by atoms with E-state index >= 15 is 0 Å². The molecule has 0 saturated carbocycles. The Bertz CT molecular complexity index is 513. The van der Waals surface area contributed by atoms with Crippen LogP contribution in [0, 0.1) is 0 Å². The van der Waals surface area contributed by atoms with Gasteiger partial charge >= 0.3 is 12.3 Å². The van der Waals surface area contributed by atoms with E-state index in [-0.39, 0.29) is 11.9 Å². The Hall–Kier alpha value is -1.96. The number of benzene rings is 1. The Balaban J connectivity index is 2.72. The number of halogens is 1. The van der Waals surface area contributed by atoms with Crippen molar-refractivity contribution in [3.05, 3.63) is 24.3 Å². The molecule has 0 fully saturated rings. The van der Waals surface area contributed by atoms with E-state index in [0.717, 1.165) is 4.31 Å². The molecule has 1 rings (SSSR count). The Labute approximate surface area is 127 Å². The van der Waals surface area contributed by atoms with Crippen LogP contribution in [-0.4, -0.2) is 41.1 Å². The Kier molecular flexibility index (Phi) is 6.29. The summed E-state index contributed by atoms with van der Waals surface area (Å²) >= 11 is 0.582. The molecule has 6 nitrogen and oxygen atoms in total. The average molecular weight is 316 g/mol. The zero-order valence-electron chi connectivity index (χ0n) is 12.2. The number of amides is 2. The van der Waals surface area contributed by atoms with Gasteiger partial charge in [-0.15, -0.1) is 4.39 Å². The van der Waals surface area contributed by atoms with Crippen LogP contribution in [0.1, 0.15) is 13.8 Å². The van der Waals surface area contributed by atoms with Crippen LogP contribution in [0.3, 0.4) is 0 Å². The van der Waals surface area contributed by atoms with E-state index < -0.39 is 12.3 Å². The van der Waals surface area contributed by atoms with Crippen molar-refractivity contribution in [3.63, 3.8) is 0 Å². The number of hydrogen-bond acceptors (Lipinski definition) is 5. The molecule has 0 unspecified atom stereocenters. The lowest BCUT2D eigenvalue weighted by Gasteiger charge is -2.20. The molecule has 2 amide bonds. The summed E-state index contributed by atoms with van der Waals surface area (Å²) in [6.45, 7) is 3.70. The predicted molar refractivity (Wildman–Crippen MR) is 77.9 cm³/mol. The zero-order valence-corrected chi connectivity index (χ0v) is 13.0. The first kappa shape index (κ1) is 17.1. The van der Waals surface area contributed by atoms with Crippen LogP contribution in [0.5, 0.6) is 11.5 Å². The van der Waals surface area contributed by atoms with Gasteiger partial charge in [0.2, 0.25) is 0 Å². The number of ether oxygens (including phenoxy) is 2. The normalized spacial score (nSPS) is 10.2. The lowest BCUT2D eigenvalue weighted by molar-refractivity contribution is 0.179. The SMILES string of the molecule is CC(C)Oc1ccccc1OC(=O)N(C)SN(C)C(=O)F. The maximum absolute atomic E-state index is 12.4. The van der Waals surface area contributed by atoms with Crippen molar-refractivity contribution in [1.29, 1.82) is 0 Å². The van der Waals surface area contributed by atoms with E-state index in [1.165, 1.54) is 14.1 Å². The lowest BCUT2D eigenvalue weighted by Crippen LogP contribution is -2.29. The van der Waals surface area contributed by atoms with Crippen molar-refractivity contribution in [3.8, 4) is 11.5 Å². The fraction of sp³-hybridized carbons (Fsp3) is 0.385. The number of carbonyl (C=O) groups is 2. The van der Waals surface area contributed by atoms with E-state index in [0.29, 0.717) is 22.2 Å². The van der Waals surface area contributed by atoms with Gasteiger partial charge in [-0.25, -0.2) is 18.2 Å². The minimum atomic E-state index is -1.66. The van der Waals surface area contributed by atoms with Crippen LogP contribution in [0.15, 0.2) is 24.3 Å². The largest absolute Gasteiger partial charge is 0.487 e. The first-order valence-corrected chi connectivity index (χ1v) is 6.86. The van der Waals surface area contributed by atoms with Crippen LogP contribution in [0.4, 0.5) is 14.0 Å². The third-order valence-electron chi connectivity index (χ3n) is 2.16. The number of para-hydroxylation sites is 2. The summed E-state index contributed by atoms with van der Waals surface area (Å²) in [5.41, 5.74) is 0. The highest BCUT2D eigenvalue weighted by Gasteiger charge is 2.19. The summed E-state index contributed by atoms with van der Waals surface area (Å²) < 4.78 is 24.8. The standard InChI is InChI=1S/C13H17FN2O4S/c1-9(2)19-10-7-5-6-8-11(10)20-13(18)16(4)21-15(3)12(14)17/h5-9H,1-4H3. The molecule has 0 atom stereocenters. The minimum Gasteiger partial charge on any atom is -0.487 e. The molecule has 0 saturated heterocycles. The molecule has 0 spiro atoms. The number of nitrogens with zero attached hydrogens (tertiary/aromatic N) is 2. The van der Waals surface area contributed by atoms with Gasteiger partial charge in [-0.3, -0.25) is 0 Å². The van der Waals surface area contributed by atoms with Gasteiger partial charge in [-0.1, -0.05) is 12.1 Å². The fourth-order valence-electron chi connectivity index (χ4n) is 1.29. The second-order valence-electron chi connectivity index (χ2n) is 4.31. The molecular weight excluding hydrogens is 299 g/mol. The summed E-state index contributed by atoms with van der Waals surface area (Å²) in [6.07, 6.45) is -2.50. The molecule has 0 aromatic heterocycles. The van der Waals surface area contributed by atoms with Crippen molar-refractivity contribution in [2.45, 2.75) is 20.0 Å². The van der Waals surface area contributed by atoms with Crippen molar-refractivity contribution in [2.24, 2.45) is 0 Å². The number of hydrogen-bond donors (Lipinski definition) is 0. The summed E-state index contributed by atoms with van der Waals surface area (Å²) in [5.74, 6) is 0.673. The van der Waals surface area contributed by atoms with Crippen LogP contribution >= 0.6 is 12.1 Å². The molecule has 0 bridgehead atoms. The molecule has 0 radical (unpaired) electrons. The molecule has 0 N–H and O–H groups in total. The van der Waals surface area contributed by atoms with Crippen molar-refractivity contribution in [2.75, 3.05) is 14.1 Å². The van der Waals surface area contributed by atoms with Gasteiger partial charge in [-0.2, -0.15) is 0 Å². The van der Waals surface area contributed by atoms with E-state index in [2.05, 4.69) is 0 Å². The van der Waals surface area contributed by atoms with Crippen LogP contribution < -0.4 is 9.47 Å². The van der Waals surface area contributed by atoms with Crippen LogP contribution in [0.25, 0.3) is 0 Å². The minimum absolute atomic E-state index is 0.0766. The molecular formula is C13H17FN2O4S. The molecule has 0 aliphatic rings. The van der Waals surface area contributed by atoms with E-state index in [1.807, 2.05) is 13.8 Å². The maximum atomic E-state index is 12.4. The van der Waals surface area contributed by atoms with E-state index in [1.54, 1.807) is 24.3 Å². The van der Waals surface area contributed by atoms with Gasteiger partial charge in [0.25, 0.3) is 0 Å². The number of rotatable bonds is 5. The van der Waals surface area contributed by atoms with Crippen molar-refractivity contribution >= 4 is 24.4 Å². The second kappa shape index (κ2) is 7.72. The summed E-state index contributed by atoms with van der Waals surface area (Å²) in [7, 11) is 2.56. The van der Waals surface area contributed by atoms with Crippen molar-refractivity contribution < 1.29 is 23.5 Å². The predicted octanol–water partition coefficient (Wildman–Crippen LogP) is 3.49. The second-order valence-corrected chi connectivity index (χ2v) is 5.57. The van der Waals surface area contributed by atoms with Gasteiger partial charge in [0.1, 0.15) is 0 Å². The monoisotopic (exact) mass is 316 g/mol. The molecule has 1 aromatic rings. The number of carbonyl (C=O) groups excluding carboxylic acids is 2. The highest BCUT2D eigenvalue weighted by atomic mass is 32.2. The Morgan fingerprint density at radius 2 is 1.71 bits per heavy atom. The molecule has 21 heavy (non-hydrogen) atoms. The third kappa shape index (κ3) is 5.50. The van der Waals surface area contributed by atoms with Gasteiger partial charge in [0.15, 0.2) is 11.5 Å². The summed E-state index contributed by atoms with van der Waals surface area (Å²) in [4.78, 5) is 22.4. The zero-order chi connectivity index (χ0) is 16.0. The Morgan fingerprint density at radius 3 is 2.24 bits per heavy atom. The third-order valence-corrected chi connectivity index (χ3v) is 2.94. The van der Waals surface area contributed by atoms with E-state index in [4.69, 9.17) is 9.47 Å². The summed E-state index contributed by atoms with van der Waals surface area (Å²) in [6, 6.07) is 6.70. The highest BCUT2D eigenvalue weighted by Crippen LogP contribution is 2.28. The molecule has 0 aliphatic heterocycles.